The lowest BCUT2D eigenvalue weighted by Crippen LogP contribution is -2.44. The number of amides is 2. The van der Waals surface area contributed by atoms with E-state index in [2.05, 4.69) is 17.2 Å². The number of ether oxygens (including phenoxy) is 1. The van der Waals surface area contributed by atoms with E-state index in [1.807, 2.05) is 0 Å². The summed E-state index contributed by atoms with van der Waals surface area (Å²) in [7, 11) is 0. The lowest BCUT2D eigenvalue weighted by molar-refractivity contribution is -0.384. The van der Waals surface area contributed by atoms with Crippen LogP contribution in [-0.4, -0.2) is 41.6 Å². The van der Waals surface area contributed by atoms with E-state index in [0.29, 0.717) is 0 Å². The number of ketones is 1. The van der Waals surface area contributed by atoms with Gasteiger partial charge in [-0.15, -0.1) is 0 Å². The van der Waals surface area contributed by atoms with Crippen LogP contribution in [0, 0.1) is 22.0 Å². The number of para-hydroxylation sites is 1. The van der Waals surface area contributed by atoms with Crippen molar-refractivity contribution in [3.63, 3.8) is 0 Å². The SMILES string of the molecule is CC#CC(=O)N(c1ccccc1C(C)=O)C(C(=O)NCCC(=O)OCC)c1ccc([N+](=O)[O-])cc1. The van der Waals surface area contributed by atoms with Crippen molar-refractivity contribution >= 4 is 34.9 Å². The van der Waals surface area contributed by atoms with Crippen LogP contribution in [0.5, 0.6) is 0 Å². The highest BCUT2D eigenvalue weighted by molar-refractivity contribution is 6.13. The first-order valence-electron chi connectivity index (χ1n) is 10.7. The number of nitro benzene ring substituents is 1. The predicted molar refractivity (Wildman–Crippen MR) is 127 cm³/mol. The summed E-state index contributed by atoms with van der Waals surface area (Å²) < 4.78 is 4.86. The van der Waals surface area contributed by atoms with E-state index in [4.69, 9.17) is 4.74 Å². The second-order valence-electron chi connectivity index (χ2n) is 7.22. The van der Waals surface area contributed by atoms with Gasteiger partial charge in [-0.25, -0.2) is 0 Å². The van der Waals surface area contributed by atoms with Gasteiger partial charge in [-0.3, -0.25) is 34.2 Å². The largest absolute Gasteiger partial charge is 0.466 e. The maximum atomic E-state index is 13.4. The molecular weight excluding hydrogens is 454 g/mol. The molecule has 2 amide bonds. The Labute approximate surface area is 202 Å². The second-order valence-corrected chi connectivity index (χ2v) is 7.22. The fourth-order valence-electron chi connectivity index (χ4n) is 3.33. The zero-order chi connectivity index (χ0) is 26.0. The van der Waals surface area contributed by atoms with Gasteiger partial charge in [0.2, 0.25) is 5.91 Å². The van der Waals surface area contributed by atoms with Crippen molar-refractivity contribution in [3.8, 4) is 11.8 Å². The van der Waals surface area contributed by atoms with Gasteiger partial charge in [0.25, 0.3) is 5.69 Å². The fourth-order valence-corrected chi connectivity index (χ4v) is 3.33. The number of carbonyl (C=O) groups excluding carboxylic acids is 4. The number of rotatable bonds is 10. The minimum atomic E-state index is -1.34. The van der Waals surface area contributed by atoms with E-state index in [1.54, 1.807) is 19.1 Å². The third-order valence-electron chi connectivity index (χ3n) is 4.85. The van der Waals surface area contributed by atoms with Crippen molar-refractivity contribution in [2.45, 2.75) is 33.2 Å². The molecule has 1 atom stereocenters. The number of Topliss-reactive ketones (excluding diaryl/α,β-unsaturated/α-hetero) is 1. The number of hydrogen-bond donors (Lipinski definition) is 1. The Kier molecular flexibility index (Phi) is 9.66. The number of non-ortho nitro benzene ring substituents is 1. The predicted octanol–water partition coefficient (Wildman–Crippen LogP) is 2.96. The summed E-state index contributed by atoms with van der Waals surface area (Å²) in [6.45, 7) is 4.56. The average molecular weight is 479 g/mol. The topological polar surface area (TPSA) is 136 Å². The molecule has 35 heavy (non-hydrogen) atoms. The van der Waals surface area contributed by atoms with Crippen molar-refractivity contribution in [3.05, 3.63) is 69.8 Å². The van der Waals surface area contributed by atoms with Gasteiger partial charge >= 0.3 is 11.9 Å². The second kappa shape index (κ2) is 12.6. The van der Waals surface area contributed by atoms with Gasteiger partial charge in [-0.1, -0.05) is 18.1 Å². The summed E-state index contributed by atoms with van der Waals surface area (Å²) in [5.41, 5.74) is 0.376. The number of nitrogens with zero attached hydrogens (tertiary/aromatic N) is 2. The monoisotopic (exact) mass is 479 g/mol. The van der Waals surface area contributed by atoms with Crippen LogP contribution in [0.4, 0.5) is 11.4 Å². The first-order chi connectivity index (χ1) is 16.7. The molecule has 0 aliphatic rings. The minimum Gasteiger partial charge on any atom is -0.466 e. The lowest BCUT2D eigenvalue weighted by Gasteiger charge is -2.31. The number of esters is 1. The summed E-state index contributed by atoms with van der Waals surface area (Å²) >= 11 is 0. The van der Waals surface area contributed by atoms with Crippen LogP contribution >= 0.6 is 0 Å². The number of nitro groups is 1. The minimum absolute atomic E-state index is 0.0724. The molecule has 0 aromatic heterocycles. The fraction of sp³-hybridized carbons (Fsp3) is 0.280. The Bertz CT molecular complexity index is 1180. The van der Waals surface area contributed by atoms with Gasteiger partial charge in [-0.2, -0.15) is 0 Å². The molecule has 0 radical (unpaired) electrons. The van der Waals surface area contributed by atoms with Crippen molar-refractivity contribution in [2.75, 3.05) is 18.1 Å². The summed E-state index contributed by atoms with van der Waals surface area (Å²) in [5.74, 6) is 2.62. The number of benzene rings is 2. The highest BCUT2D eigenvalue weighted by atomic mass is 16.6. The van der Waals surface area contributed by atoms with Gasteiger partial charge in [-0.05, 0) is 56.5 Å². The van der Waals surface area contributed by atoms with Gasteiger partial charge in [0.1, 0.15) is 6.04 Å². The van der Waals surface area contributed by atoms with E-state index in [-0.39, 0.29) is 47.9 Å². The molecule has 0 fully saturated rings. The number of carbonyl (C=O) groups is 4. The first-order valence-corrected chi connectivity index (χ1v) is 10.7. The van der Waals surface area contributed by atoms with E-state index >= 15 is 0 Å². The highest BCUT2D eigenvalue weighted by Gasteiger charge is 2.34. The third kappa shape index (κ3) is 6.98. The molecule has 1 N–H and O–H groups in total. The van der Waals surface area contributed by atoms with Crippen molar-refractivity contribution < 1.29 is 28.8 Å². The lowest BCUT2D eigenvalue weighted by atomic mass is 10.00. The Hall–Kier alpha value is -4.52. The number of nitrogens with one attached hydrogen (secondary N) is 1. The average Bonchev–Trinajstić information content (AvgIpc) is 2.82. The van der Waals surface area contributed by atoms with E-state index < -0.39 is 28.7 Å². The van der Waals surface area contributed by atoms with Crippen LogP contribution in [0.2, 0.25) is 0 Å². The molecular formula is C25H25N3O7. The molecule has 182 valence electrons. The molecule has 2 aromatic carbocycles. The zero-order valence-electron chi connectivity index (χ0n) is 19.6. The summed E-state index contributed by atoms with van der Waals surface area (Å²) in [6.07, 6.45) is -0.0979. The summed E-state index contributed by atoms with van der Waals surface area (Å²) in [5, 5.41) is 13.7. The molecule has 0 heterocycles. The molecule has 1 unspecified atom stereocenters. The Morgan fingerprint density at radius 2 is 1.77 bits per heavy atom. The van der Waals surface area contributed by atoms with Crippen molar-refractivity contribution in [1.29, 1.82) is 0 Å². The van der Waals surface area contributed by atoms with Gasteiger partial charge in [0, 0.05) is 24.2 Å². The molecule has 0 bridgehead atoms. The van der Waals surface area contributed by atoms with Crippen LogP contribution in [0.25, 0.3) is 0 Å². The zero-order valence-corrected chi connectivity index (χ0v) is 19.6. The number of hydrogen-bond acceptors (Lipinski definition) is 7. The normalized spacial score (nSPS) is 10.8. The van der Waals surface area contributed by atoms with Gasteiger partial charge < -0.3 is 10.1 Å². The van der Waals surface area contributed by atoms with Crippen molar-refractivity contribution in [1.82, 2.24) is 5.32 Å². The molecule has 0 saturated heterocycles. The van der Waals surface area contributed by atoms with E-state index in [1.165, 1.54) is 50.2 Å². The highest BCUT2D eigenvalue weighted by Crippen LogP contribution is 2.32. The van der Waals surface area contributed by atoms with Crippen LogP contribution in [0.15, 0.2) is 48.5 Å². The summed E-state index contributed by atoms with van der Waals surface area (Å²) in [4.78, 5) is 62.1. The molecule has 0 aliphatic heterocycles. The van der Waals surface area contributed by atoms with Crippen molar-refractivity contribution in [2.24, 2.45) is 0 Å². The van der Waals surface area contributed by atoms with E-state index in [9.17, 15) is 29.3 Å². The van der Waals surface area contributed by atoms with Crippen LogP contribution in [-0.2, 0) is 19.1 Å². The van der Waals surface area contributed by atoms with E-state index in [0.717, 1.165) is 4.90 Å². The summed E-state index contributed by atoms with van der Waals surface area (Å²) in [6, 6.07) is 10.0. The van der Waals surface area contributed by atoms with Gasteiger partial charge in [0.15, 0.2) is 5.78 Å². The quantitative estimate of drug-likeness (QED) is 0.182. The first kappa shape index (κ1) is 26.7. The Balaban J connectivity index is 2.61. The van der Waals surface area contributed by atoms with Crippen LogP contribution < -0.4 is 10.2 Å². The third-order valence-corrected chi connectivity index (χ3v) is 4.85. The maximum absolute atomic E-state index is 13.4. The Morgan fingerprint density at radius 1 is 1.11 bits per heavy atom. The molecule has 10 nitrogen and oxygen atoms in total. The Morgan fingerprint density at radius 3 is 2.34 bits per heavy atom. The smallest absolute Gasteiger partial charge is 0.307 e. The standard InChI is InChI=1S/C25H25N3O7/c1-4-8-22(30)27(21-10-7-6-9-20(21)17(3)29)24(18-11-13-19(14-12-18)28(33)34)25(32)26-16-15-23(31)35-5-2/h6-7,9-14,24H,5,15-16H2,1-3H3,(H,26,32). The van der Waals surface area contributed by atoms with Gasteiger partial charge in [0.05, 0.1) is 23.6 Å². The molecule has 10 heteroatoms. The van der Waals surface area contributed by atoms with Crippen LogP contribution in [0.3, 0.4) is 0 Å². The molecule has 0 aliphatic carbocycles. The maximum Gasteiger partial charge on any atom is 0.307 e. The molecule has 2 rings (SSSR count). The molecule has 0 spiro atoms. The molecule has 2 aromatic rings. The van der Waals surface area contributed by atoms with Crippen LogP contribution in [0.1, 0.15) is 49.2 Å². The number of anilines is 1. The molecule has 0 saturated carbocycles.